The van der Waals surface area contributed by atoms with E-state index in [0.717, 1.165) is 81.7 Å². The molecule has 2 aromatic carbocycles. The van der Waals surface area contributed by atoms with Gasteiger partial charge in [0.15, 0.2) is 11.5 Å². The summed E-state index contributed by atoms with van der Waals surface area (Å²) in [6, 6.07) is 9.62. The van der Waals surface area contributed by atoms with E-state index in [1.54, 1.807) is 0 Å². The normalized spacial score (nSPS) is 26.5. The van der Waals surface area contributed by atoms with E-state index >= 15 is 0 Å². The van der Waals surface area contributed by atoms with Crippen LogP contribution in [0, 0.1) is 35.2 Å². The highest BCUT2D eigenvalue weighted by Crippen LogP contribution is 2.47. The van der Waals surface area contributed by atoms with Gasteiger partial charge in [-0.1, -0.05) is 62.1 Å². The van der Waals surface area contributed by atoms with Crippen molar-refractivity contribution in [1.29, 1.82) is 0 Å². The number of aliphatic hydroxyl groups is 3. The van der Waals surface area contributed by atoms with Gasteiger partial charge in [0.2, 0.25) is 0 Å². The second kappa shape index (κ2) is 15.2. The number of fused-ring (bicyclic) bond motifs is 8. The van der Waals surface area contributed by atoms with Gasteiger partial charge in [-0.2, -0.15) is 0 Å². The van der Waals surface area contributed by atoms with Gasteiger partial charge < -0.3 is 35.8 Å². The van der Waals surface area contributed by atoms with Crippen molar-refractivity contribution in [2.45, 2.75) is 108 Å². The number of aliphatic hydroxyl groups excluding tert-OH is 3. The van der Waals surface area contributed by atoms with Gasteiger partial charge >= 0.3 is 0 Å². The maximum Gasteiger partial charge on any atom is 0.252 e. The van der Waals surface area contributed by atoms with Gasteiger partial charge in [0.05, 0.1) is 23.2 Å². The fraction of sp³-hybridized carbons (Fsp3) is 0.455. The van der Waals surface area contributed by atoms with Crippen molar-refractivity contribution in [3.8, 4) is 35.4 Å². The molecule has 2 aromatic rings. The predicted octanol–water partition coefficient (Wildman–Crippen LogP) is 3.67. The number of aliphatic imine (C=N–C) groups is 1. The molecular weight excluding hydrogens is 681 g/mol. The number of hydrogen-bond donors (Lipinski definition) is 6. The third-order valence-electron chi connectivity index (χ3n) is 11.9. The first-order valence-corrected chi connectivity index (χ1v) is 19.4. The number of carbonyl (C=O) groups excluding carboxylic acids is 1. The molecule has 1 unspecified atom stereocenters. The Balaban J connectivity index is 1.14. The Morgan fingerprint density at radius 3 is 2.80 bits per heavy atom. The standard InChI is InChI=1S/C44H48N4O6/c1-2-5-29(49)22-31(51)23-30(50)8-6-27-7-13-40-41(20-27)54-43-37(44(17-19-53-40)15-3-4-16-44)11-12-39(52)33-9-10-34-32(14-18-46-42(34)45)35(33)21-28-24-47-38-26-48(43)25-36(28)38/h7,9-10,13-14,18,20,24-25,29,31,37,39,42-43,46,49,51-52H,2-6,8,15-16,21-23,26,45H2,1H3/p+1/t29-,31+,37-,39-,42-,43-/m0/s1. The van der Waals surface area contributed by atoms with Gasteiger partial charge in [-0.25, -0.2) is 0 Å². The molecule has 6 aliphatic rings. The van der Waals surface area contributed by atoms with Crippen LogP contribution in [0.5, 0.6) is 11.5 Å². The molecule has 0 saturated heterocycles. The summed E-state index contributed by atoms with van der Waals surface area (Å²) in [6.45, 7) is 2.59. The Labute approximate surface area is 316 Å². The van der Waals surface area contributed by atoms with E-state index in [4.69, 9.17) is 20.2 Å². The minimum Gasteiger partial charge on any atom is -0.437 e. The van der Waals surface area contributed by atoms with Gasteiger partial charge in [-0.05, 0) is 89.9 Å². The summed E-state index contributed by atoms with van der Waals surface area (Å²) in [6.07, 6.45) is 14.3. The van der Waals surface area contributed by atoms with Crippen molar-refractivity contribution in [3.63, 3.8) is 0 Å². The number of rotatable bonds is 9. The van der Waals surface area contributed by atoms with Crippen molar-refractivity contribution < 1.29 is 34.5 Å². The van der Waals surface area contributed by atoms with Crippen molar-refractivity contribution in [2.75, 3.05) is 6.54 Å². The average molecular weight is 730 g/mol. The molecule has 8 rings (SSSR count). The lowest BCUT2D eigenvalue weighted by atomic mass is 9.73. The molecule has 0 amide bonds. The maximum atomic E-state index is 12.9. The van der Waals surface area contributed by atoms with Crippen LogP contribution in [0.15, 0.2) is 65.1 Å². The molecular formula is C44H49N4O6+. The van der Waals surface area contributed by atoms with Crippen molar-refractivity contribution in [3.05, 3.63) is 87.9 Å². The van der Waals surface area contributed by atoms with Crippen molar-refractivity contribution in [1.82, 2.24) is 5.32 Å². The lowest BCUT2D eigenvalue weighted by molar-refractivity contribution is -0.888. The molecule has 54 heavy (non-hydrogen) atoms. The number of Topliss-reactive ketones (excluding diaryl/α,β-unsaturated/α-hetero) is 1. The van der Waals surface area contributed by atoms with Crippen LogP contribution in [0.4, 0.5) is 0 Å². The number of nitrogens with two attached hydrogens (primary N) is 1. The number of ketones is 1. The molecule has 2 bridgehead atoms. The van der Waals surface area contributed by atoms with Gasteiger partial charge in [0, 0.05) is 25.5 Å². The molecule has 7 N–H and O–H groups in total. The summed E-state index contributed by atoms with van der Waals surface area (Å²) in [5.41, 5.74) is 13.7. The first kappa shape index (κ1) is 36.3. The zero-order chi connectivity index (χ0) is 37.4. The van der Waals surface area contributed by atoms with E-state index < -0.39 is 30.0 Å². The van der Waals surface area contributed by atoms with Crippen LogP contribution in [0.2, 0.25) is 0 Å². The Bertz CT molecular complexity index is 2070. The molecule has 0 aromatic heterocycles. The van der Waals surface area contributed by atoms with Crippen LogP contribution in [-0.4, -0.2) is 51.8 Å². The highest BCUT2D eigenvalue weighted by molar-refractivity contribution is 6.08. The quantitative estimate of drug-likeness (QED) is 0.214. The monoisotopic (exact) mass is 729 g/mol. The van der Waals surface area contributed by atoms with E-state index in [9.17, 15) is 20.1 Å². The number of nitrogens with zero attached hydrogens (tertiary/aromatic N) is 1. The lowest BCUT2D eigenvalue weighted by Gasteiger charge is -2.36. The predicted molar refractivity (Wildman–Crippen MR) is 205 cm³/mol. The van der Waals surface area contributed by atoms with Gasteiger partial charge in [0.1, 0.15) is 48.5 Å². The second-order valence-electron chi connectivity index (χ2n) is 15.6. The number of aryl methyl sites for hydroxylation is 1. The van der Waals surface area contributed by atoms with Crippen molar-refractivity contribution in [2.24, 2.45) is 22.1 Å². The zero-order valence-corrected chi connectivity index (χ0v) is 30.7. The van der Waals surface area contributed by atoms with Gasteiger partial charge in [-0.3, -0.25) is 14.7 Å². The molecule has 1 spiro atoms. The third kappa shape index (κ3) is 7.13. The van der Waals surface area contributed by atoms with Crippen LogP contribution < -0.4 is 25.4 Å². The number of hydrogen-bond acceptors (Lipinski definition) is 9. The summed E-state index contributed by atoms with van der Waals surface area (Å²) >= 11 is 0. The van der Waals surface area contributed by atoms with Crippen LogP contribution in [0.25, 0.3) is 6.08 Å². The molecule has 10 nitrogen and oxygen atoms in total. The van der Waals surface area contributed by atoms with Gasteiger partial charge in [-0.15, -0.1) is 0 Å². The topological polar surface area (TPSA) is 151 Å². The molecule has 5 aliphatic heterocycles. The first-order valence-electron chi connectivity index (χ1n) is 19.4. The highest BCUT2D eigenvalue weighted by atomic mass is 16.5. The molecule has 5 heterocycles. The molecule has 10 heteroatoms. The second-order valence-corrected chi connectivity index (χ2v) is 15.6. The molecule has 1 fully saturated rings. The molecule has 1 aliphatic carbocycles. The summed E-state index contributed by atoms with van der Waals surface area (Å²) in [4.78, 5) is 18.8. The van der Waals surface area contributed by atoms with Crippen LogP contribution >= 0.6 is 0 Å². The van der Waals surface area contributed by atoms with E-state index in [0.29, 0.717) is 37.3 Å². The first-order chi connectivity index (χ1) is 26.2. The Morgan fingerprint density at radius 1 is 1.13 bits per heavy atom. The number of allylic oxidation sites excluding steroid dienone is 1. The average Bonchev–Trinajstić information content (AvgIpc) is 3.89. The minimum atomic E-state index is -1.05. The fourth-order valence-electron chi connectivity index (χ4n) is 9.01. The van der Waals surface area contributed by atoms with E-state index in [1.165, 1.54) is 0 Å². The Morgan fingerprint density at radius 2 is 1.96 bits per heavy atom. The van der Waals surface area contributed by atoms with E-state index in [1.807, 2.05) is 55.7 Å². The minimum absolute atomic E-state index is 0.0129. The fourth-order valence-corrected chi connectivity index (χ4v) is 9.01. The Kier molecular flexibility index (Phi) is 10.2. The smallest absolute Gasteiger partial charge is 0.252 e. The Hall–Kier alpha value is -4.68. The maximum absolute atomic E-state index is 12.9. The summed E-state index contributed by atoms with van der Waals surface area (Å²) < 4.78 is 13.2. The SMILES string of the molecule is CCC[C@H](O)C[C@@H](O)CC(=O)CCc1ccc2c(c1)O[C@H]1[C@H](C#C[C@H](O)c3ccc4c(c3CC3=CN=C5C[NH+]1C=C35)C=CN[C@@H]4N)C1(C#CO2)CCCC1. The van der Waals surface area contributed by atoms with Crippen LogP contribution in [0.1, 0.15) is 105 Å². The zero-order valence-electron chi connectivity index (χ0n) is 30.7. The van der Waals surface area contributed by atoms with Crippen LogP contribution in [-0.2, 0) is 17.6 Å². The van der Waals surface area contributed by atoms with Gasteiger partial charge in [0.25, 0.3) is 6.23 Å². The third-order valence-corrected chi connectivity index (χ3v) is 11.9. The number of ether oxygens (including phenoxy) is 2. The summed E-state index contributed by atoms with van der Waals surface area (Å²) in [7, 11) is 0. The number of carbonyl (C=O) groups is 1. The summed E-state index contributed by atoms with van der Waals surface area (Å²) in [5, 5.41) is 35.5. The van der Waals surface area contributed by atoms with E-state index in [-0.39, 0.29) is 37.1 Å². The lowest BCUT2D eigenvalue weighted by Crippen LogP contribution is -3.13. The molecule has 280 valence electrons. The largest absolute Gasteiger partial charge is 0.437 e. The van der Waals surface area contributed by atoms with Crippen molar-refractivity contribution >= 4 is 17.6 Å². The number of nitrogens with one attached hydrogen (secondary N) is 2. The highest BCUT2D eigenvalue weighted by Gasteiger charge is 2.51. The van der Waals surface area contributed by atoms with Crippen LogP contribution in [0.3, 0.4) is 0 Å². The molecule has 1 saturated carbocycles. The number of benzene rings is 2. The number of quaternary nitrogens is 1. The summed E-state index contributed by atoms with van der Waals surface area (Å²) in [5.74, 6) is 11.0. The van der Waals surface area contributed by atoms with E-state index in [2.05, 4.69) is 35.4 Å². The molecule has 7 atom stereocenters. The molecule has 0 radical (unpaired) electrons.